The number of rotatable bonds is 4. The van der Waals surface area contributed by atoms with Crippen molar-refractivity contribution in [2.45, 2.75) is 32.0 Å². The van der Waals surface area contributed by atoms with Gasteiger partial charge in [-0.2, -0.15) is 0 Å². The fraction of sp³-hybridized carbons (Fsp3) is 0.391. The van der Waals surface area contributed by atoms with Crippen LogP contribution in [0.15, 0.2) is 48.5 Å². The van der Waals surface area contributed by atoms with Gasteiger partial charge in [0, 0.05) is 25.8 Å². The van der Waals surface area contributed by atoms with E-state index in [1.54, 1.807) is 24.1 Å². The highest BCUT2D eigenvalue weighted by Gasteiger charge is 2.36. The van der Waals surface area contributed by atoms with E-state index in [1.807, 2.05) is 41.3 Å². The van der Waals surface area contributed by atoms with E-state index in [9.17, 15) is 9.59 Å². The Morgan fingerprint density at radius 3 is 2.48 bits per heavy atom. The molecule has 0 radical (unpaired) electrons. The Bertz CT molecular complexity index is 875. The fourth-order valence-corrected chi connectivity index (χ4v) is 3.94. The normalized spacial score (nSPS) is 18.7. The Morgan fingerprint density at radius 1 is 1.03 bits per heavy atom. The van der Waals surface area contributed by atoms with Crippen LogP contribution in [0, 0.1) is 0 Å². The van der Waals surface area contributed by atoms with Gasteiger partial charge < -0.3 is 19.3 Å². The van der Waals surface area contributed by atoms with Crippen LogP contribution in [0.2, 0.25) is 0 Å². The molecule has 1 saturated heterocycles. The average molecular weight is 394 g/mol. The first kappa shape index (κ1) is 19.5. The zero-order chi connectivity index (χ0) is 20.2. The molecule has 2 aromatic carbocycles. The van der Waals surface area contributed by atoms with Gasteiger partial charge in [-0.15, -0.1) is 0 Å². The minimum Gasteiger partial charge on any atom is -0.476 e. The summed E-state index contributed by atoms with van der Waals surface area (Å²) in [7, 11) is 1.64. The molecule has 0 aliphatic carbocycles. The quantitative estimate of drug-likeness (QED) is 0.799. The minimum absolute atomic E-state index is 0.0348. The number of amides is 2. The van der Waals surface area contributed by atoms with Gasteiger partial charge in [0.05, 0.1) is 18.8 Å². The number of carbonyl (C=O) groups is 2. The summed E-state index contributed by atoms with van der Waals surface area (Å²) in [5.41, 5.74) is 2.27. The number of fused-ring (bicyclic) bond motifs is 1. The van der Waals surface area contributed by atoms with Gasteiger partial charge >= 0.3 is 0 Å². The number of hydrogen-bond acceptors (Lipinski definition) is 4. The van der Waals surface area contributed by atoms with Crippen molar-refractivity contribution in [2.75, 3.05) is 31.6 Å². The molecule has 152 valence electrons. The first-order valence-corrected chi connectivity index (χ1v) is 10.1. The molecule has 0 unspecified atom stereocenters. The molecule has 0 bridgehead atoms. The lowest BCUT2D eigenvalue weighted by Gasteiger charge is -2.37. The monoisotopic (exact) mass is 394 g/mol. The summed E-state index contributed by atoms with van der Waals surface area (Å²) in [5.74, 6) is 0.395. The topological polar surface area (TPSA) is 59.1 Å². The maximum atomic E-state index is 13.3. The number of piperidine rings is 1. The number of anilines is 1. The maximum Gasteiger partial charge on any atom is 0.265 e. The summed E-state index contributed by atoms with van der Waals surface area (Å²) in [6.45, 7) is 2.23. The molecule has 1 atom stereocenters. The van der Waals surface area contributed by atoms with Gasteiger partial charge in [0.15, 0.2) is 6.10 Å². The first-order chi connectivity index (χ1) is 14.2. The Hall–Kier alpha value is -2.86. The SMILES string of the molecule is COCc1ccc(C(=O)N2C[C@@H](C(=O)N3CCCCC3)Oc3ccccc32)cc1. The lowest BCUT2D eigenvalue weighted by Crippen LogP contribution is -2.52. The fourth-order valence-electron chi connectivity index (χ4n) is 3.94. The van der Waals surface area contributed by atoms with Crippen molar-refractivity contribution in [3.63, 3.8) is 0 Å². The van der Waals surface area contributed by atoms with Crippen LogP contribution in [0.4, 0.5) is 5.69 Å². The molecule has 2 amide bonds. The van der Waals surface area contributed by atoms with Crippen LogP contribution in [0.25, 0.3) is 0 Å². The van der Waals surface area contributed by atoms with Crippen molar-refractivity contribution < 1.29 is 19.1 Å². The van der Waals surface area contributed by atoms with Gasteiger partial charge in [-0.1, -0.05) is 24.3 Å². The van der Waals surface area contributed by atoms with Crippen LogP contribution in [0.5, 0.6) is 5.75 Å². The summed E-state index contributed by atoms with van der Waals surface area (Å²) in [5, 5.41) is 0. The maximum absolute atomic E-state index is 13.3. The van der Waals surface area contributed by atoms with E-state index < -0.39 is 6.10 Å². The molecule has 29 heavy (non-hydrogen) atoms. The standard InChI is InChI=1S/C23H26N2O4/c1-28-16-17-9-11-18(12-10-17)22(26)25-15-21(23(27)24-13-5-2-6-14-24)29-20-8-4-3-7-19(20)25/h3-4,7-12,21H,2,5-6,13-16H2,1H3/t21-/m0/s1. The molecule has 2 aliphatic heterocycles. The van der Waals surface area contributed by atoms with Crippen molar-refractivity contribution in [3.05, 3.63) is 59.7 Å². The van der Waals surface area contributed by atoms with E-state index in [2.05, 4.69) is 0 Å². The number of hydrogen-bond donors (Lipinski definition) is 0. The van der Waals surface area contributed by atoms with E-state index in [4.69, 9.17) is 9.47 Å². The number of benzene rings is 2. The Morgan fingerprint density at radius 2 is 1.76 bits per heavy atom. The van der Waals surface area contributed by atoms with Gasteiger partial charge in [-0.3, -0.25) is 9.59 Å². The van der Waals surface area contributed by atoms with Gasteiger partial charge in [0.25, 0.3) is 11.8 Å². The number of nitrogens with zero attached hydrogens (tertiary/aromatic N) is 2. The summed E-state index contributed by atoms with van der Waals surface area (Å²) in [6, 6.07) is 14.8. The summed E-state index contributed by atoms with van der Waals surface area (Å²) in [4.78, 5) is 29.9. The Kier molecular flexibility index (Phi) is 5.81. The second-order valence-electron chi connectivity index (χ2n) is 7.51. The molecule has 0 aromatic heterocycles. The molecule has 6 heteroatoms. The largest absolute Gasteiger partial charge is 0.476 e. The molecule has 0 N–H and O–H groups in total. The van der Waals surface area contributed by atoms with E-state index in [0.29, 0.717) is 23.6 Å². The van der Waals surface area contributed by atoms with Crippen molar-refractivity contribution in [1.29, 1.82) is 0 Å². The predicted octanol–water partition coefficient (Wildman–Crippen LogP) is 3.25. The number of carbonyl (C=O) groups excluding carboxylic acids is 2. The van der Waals surface area contributed by atoms with E-state index in [0.717, 1.165) is 37.9 Å². The lowest BCUT2D eigenvalue weighted by atomic mass is 10.1. The lowest BCUT2D eigenvalue weighted by molar-refractivity contribution is -0.139. The van der Waals surface area contributed by atoms with E-state index in [1.165, 1.54) is 0 Å². The molecular formula is C23H26N2O4. The van der Waals surface area contributed by atoms with Crippen LogP contribution >= 0.6 is 0 Å². The van der Waals surface area contributed by atoms with Gasteiger partial charge in [0.2, 0.25) is 0 Å². The smallest absolute Gasteiger partial charge is 0.265 e. The van der Waals surface area contributed by atoms with Crippen molar-refractivity contribution in [2.24, 2.45) is 0 Å². The molecule has 2 aromatic rings. The molecule has 4 rings (SSSR count). The third kappa shape index (κ3) is 4.12. The highest BCUT2D eigenvalue weighted by atomic mass is 16.5. The van der Waals surface area contributed by atoms with Crippen LogP contribution in [-0.4, -0.2) is 49.6 Å². The molecule has 1 fully saturated rings. The third-order valence-electron chi connectivity index (χ3n) is 5.47. The van der Waals surface area contributed by atoms with Crippen LogP contribution in [0.1, 0.15) is 35.2 Å². The predicted molar refractivity (Wildman–Crippen MR) is 110 cm³/mol. The van der Waals surface area contributed by atoms with Crippen LogP contribution in [-0.2, 0) is 16.1 Å². The molecule has 6 nitrogen and oxygen atoms in total. The summed E-state index contributed by atoms with van der Waals surface area (Å²) >= 11 is 0. The molecular weight excluding hydrogens is 368 g/mol. The van der Waals surface area contributed by atoms with Crippen molar-refractivity contribution in [1.82, 2.24) is 4.90 Å². The van der Waals surface area contributed by atoms with E-state index >= 15 is 0 Å². The third-order valence-corrected chi connectivity index (χ3v) is 5.47. The number of ether oxygens (including phenoxy) is 2. The van der Waals surface area contributed by atoms with Crippen molar-refractivity contribution >= 4 is 17.5 Å². The summed E-state index contributed by atoms with van der Waals surface area (Å²) < 4.78 is 11.1. The van der Waals surface area contributed by atoms with E-state index in [-0.39, 0.29) is 18.4 Å². The molecule has 0 spiro atoms. The average Bonchev–Trinajstić information content (AvgIpc) is 2.78. The van der Waals surface area contributed by atoms with Crippen LogP contribution < -0.4 is 9.64 Å². The van der Waals surface area contributed by atoms with Gasteiger partial charge in [0.1, 0.15) is 5.75 Å². The Labute approximate surface area is 171 Å². The highest BCUT2D eigenvalue weighted by molar-refractivity contribution is 6.07. The highest BCUT2D eigenvalue weighted by Crippen LogP contribution is 2.34. The molecule has 0 saturated carbocycles. The summed E-state index contributed by atoms with van der Waals surface area (Å²) in [6.07, 6.45) is 2.51. The van der Waals surface area contributed by atoms with Crippen LogP contribution in [0.3, 0.4) is 0 Å². The second kappa shape index (κ2) is 8.66. The minimum atomic E-state index is -0.681. The number of para-hydroxylation sites is 2. The molecule has 2 heterocycles. The first-order valence-electron chi connectivity index (χ1n) is 10.1. The van der Waals surface area contributed by atoms with Gasteiger partial charge in [-0.05, 0) is 49.1 Å². The van der Waals surface area contributed by atoms with Crippen molar-refractivity contribution in [3.8, 4) is 5.75 Å². The Balaban J connectivity index is 1.59. The molecule has 2 aliphatic rings. The second-order valence-corrected chi connectivity index (χ2v) is 7.51. The number of likely N-dealkylation sites (tertiary alicyclic amines) is 1. The zero-order valence-corrected chi connectivity index (χ0v) is 16.7. The zero-order valence-electron chi connectivity index (χ0n) is 16.7. The van der Waals surface area contributed by atoms with Gasteiger partial charge in [-0.25, -0.2) is 0 Å². The number of methoxy groups -OCH3 is 1.